The Balaban J connectivity index is 3.86. The Morgan fingerprint density at radius 2 is 2.18 bits per heavy atom. The van der Waals surface area contributed by atoms with Crippen molar-refractivity contribution >= 4 is 0 Å². The molecule has 0 rings (SSSR count). The molecule has 2 N–H and O–H groups in total. The van der Waals surface area contributed by atoms with Crippen molar-refractivity contribution in [2.24, 2.45) is 5.73 Å². The Bertz CT molecular complexity index is 118. The van der Waals surface area contributed by atoms with Crippen LogP contribution in [0, 0.1) is 5.21 Å². The van der Waals surface area contributed by atoms with E-state index in [-0.39, 0.29) is 10.7 Å². The van der Waals surface area contributed by atoms with E-state index in [2.05, 4.69) is 6.58 Å². The van der Waals surface area contributed by atoms with E-state index in [4.69, 9.17) is 5.73 Å². The van der Waals surface area contributed by atoms with Gasteiger partial charge in [-0.25, -0.2) is 0 Å². The largest absolute Gasteiger partial charge is 0.633 e. The van der Waals surface area contributed by atoms with Crippen LogP contribution in [0.3, 0.4) is 0 Å². The highest BCUT2D eigenvalue weighted by Crippen LogP contribution is 2.10. The number of rotatable bonds is 5. The summed E-state index contributed by atoms with van der Waals surface area (Å²) in [4.78, 5) is 0. The number of likely N-dealkylation sites (N-methyl/N-ethyl adjacent to an activating group) is 1. The van der Waals surface area contributed by atoms with Gasteiger partial charge in [-0.2, -0.15) is 0 Å². The quantitative estimate of drug-likeness (QED) is 0.366. The molecule has 66 valence electrons. The zero-order valence-electron chi connectivity index (χ0n) is 7.42. The summed E-state index contributed by atoms with van der Waals surface area (Å²) in [5.41, 5.74) is 5.33. The Hall–Kier alpha value is -0.380. The first-order chi connectivity index (χ1) is 5.02. The molecule has 3 nitrogen and oxygen atoms in total. The standard InChI is InChI=1S/C8H18N2O/c1-4-8(6-5-7-9)10(2,3)11/h4,8H,1,5-7,9H2,2-3H3. The fraction of sp³-hybridized carbons (Fsp3) is 0.750. The van der Waals surface area contributed by atoms with E-state index < -0.39 is 0 Å². The zero-order chi connectivity index (χ0) is 8.91. The fourth-order valence-electron chi connectivity index (χ4n) is 1.01. The predicted molar refractivity (Wildman–Crippen MR) is 47.7 cm³/mol. The zero-order valence-corrected chi connectivity index (χ0v) is 7.42. The second-order valence-corrected chi connectivity index (χ2v) is 3.17. The monoisotopic (exact) mass is 158 g/mol. The topological polar surface area (TPSA) is 49.1 Å². The van der Waals surface area contributed by atoms with Crippen LogP contribution >= 0.6 is 0 Å². The third-order valence-electron chi connectivity index (χ3n) is 1.77. The maximum absolute atomic E-state index is 11.4. The van der Waals surface area contributed by atoms with Crippen LogP contribution in [0.5, 0.6) is 0 Å². The first-order valence-corrected chi connectivity index (χ1v) is 3.89. The van der Waals surface area contributed by atoms with Gasteiger partial charge in [0.25, 0.3) is 0 Å². The summed E-state index contributed by atoms with van der Waals surface area (Å²) in [5.74, 6) is 0. The van der Waals surface area contributed by atoms with Crippen LogP contribution in [0.4, 0.5) is 0 Å². The summed E-state index contributed by atoms with van der Waals surface area (Å²) in [6, 6.07) is -0.0152. The summed E-state index contributed by atoms with van der Waals surface area (Å²) in [5, 5.41) is 11.4. The van der Waals surface area contributed by atoms with Crippen molar-refractivity contribution in [1.82, 2.24) is 0 Å². The van der Waals surface area contributed by atoms with E-state index in [0.717, 1.165) is 12.8 Å². The molecule has 0 fully saturated rings. The molecule has 11 heavy (non-hydrogen) atoms. The van der Waals surface area contributed by atoms with E-state index in [1.54, 1.807) is 20.2 Å². The average Bonchev–Trinajstić information content (AvgIpc) is 1.87. The average molecular weight is 158 g/mol. The minimum Gasteiger partial charge on any atom is -0.633 e. The smallest absolute Gasteiger partial charge is 0.107 e. The predicted octanol–water partition coefficient (Wildman–Crippen LogP) is 0.854. The highest BCUT2D eigenvalue weighted by Gasteiger charge is 2.14. The van der Waals surface area contributed by atoms with Crippen LogP contribution in [0.15, 0.2) is 12.7 Å². The molecule has 0 aromatic carbocycles. The minimum atomic E-state index is -0.302. The minimum absolute atomic E-state index is 0.0152. The van der Waals surface area contributed by atoms with E-state index in [1.807, 2.05) is 0 Å². The number of nitrogens with two attached hydrogens (primary N) is 1. The summed E-state index contributed by atoms with van der Waals surface area (Å²) in [7, 11) is 3.26. The number of hydroxylamine groups is 3. The normalized spacial score (nSPS) is 14.5. The van der Waals surface area contributed by atoms with Gasteiger partial charge in [0.1, 0.15) is 6.04 Å². The summed E-state index contributed by atoms with van der Waals surface area (Å²) < 4.78 is -0.302. The molecule has 0 bridgehead atoms. The molecular formula is C8H18N2O. The number of quaternary nitrogens is 1. The lowest BCUT2D eigenvalue weighted by atomic mass is 10.1. The molecule has 1 unspecified atom stereocenters. The summed E-state index contributed by atoms with van der Waals surface area (Å²) in [6.07, 6.45) is 3.43. The van der Waals surface area contributed by atoms with Crippen molar-refractivity contribution in [2.75, 3.05) is 20.6 Å². The number of hydrogen-bond acceptors (Lipinski definition) is 2. The van der Waals surface area contributed by atoms with Crippen LogP contribution in [0.25, 0.3) is 0 Å². The molecule has 0 aliphatic carbocycles. The summed E-state index contributed by atoms with van der Waals surface area (Å²) in [6.45, 7) is 4.27. The molecular weight excluding hydrogens is 140 g/mol. The van der Waals surface area contributed by atoms with Gasteiger partial charge >= 0.3 is 0 Å². The molecule has 0 spiro atoms. The Labute approximate surface area is 68.7 Å². The van der Waals surface area contributed by atoms with Crippen LogP contribution in [0.1, 0.15) is 12.8 Å². The van der Waals surface area contributed by atoms with E-state index >= 15 is 0 Å². The van der Waals surface area contributed by atoms with Gasteiger partial charge in [0.05, 0.1) is 14.1 Å². The second kappa shape index (κ2) is 4.49. The van der Waals surface area contributed by atoms with Gasteiger partial charge in [0.2, 0.25) is 0 Å². The van der Waals surface area contributed by atoms with Gasteiger partial charge < -0.3 is 15.6 Å². The molecule has 0 aliphatic rings. The van der Waals surface area contributed by atoms with E-state index in [1.165, 1.54) is 0 Å². The molecule has 0 saturated heterocycles. The Kier molecular flexibility index (Phi) is 4.33. The van der Waals surface area contributed by atoms with E-state index in [9.17, 15) is 5.21 Å². The lowest BCUT2D eigenvalue weighted by Gasteiger charge is -2.40. The number of hydrogen-bond donors (Lipinski definition) is 1. The van der Waals surface area contributed by atoms with Gasteiger partial charge in [-0.15, -0.1) is 0 Å². The SMILES string of the molecule is C=CC(CCCN)[N+](C)(C)[O-]. The molecule has 0 aliphatic heterocycles. The van der Waals surface area contributed by atoms with Gasteiger partial charge in [0.15, 0.2) is 0 Å². The molecule has 0 aromatic heterocycles. The van der Waals surface area contributed by atoms with Gasteiger partial charge in [0, 0.05) is 6.42 Å². The van der Waals surface area contributed by atoms with Gasteiger partial charge in [-0.3, -0.25) is 0 Å². The molecule has 3 heteroatoms. The summed E-state index contributed by atoms with van der Waals surface area (Å²) >= 11 is 0. The van der Waals surface area contributed by atoms with Crippen molar-refractivity contribution in [3.05, 3.63) is 17.9 Å². The van der Waals surface area contributed by atoms with Crippen LogP contribution in [-0.2, 0) is 0 Å². The van der Waals surface area contributed by atoms with Crippen LogP contribution in [0.2, 0.25) is 0 Å². The third-order valence-corrected chi connectivity index (χ3v) is 1.77. The van der Waals surface area contributed by atoms with E-state index in [0.29, 0.717) is 6.54 Å². The highest BCUT2D eigenvalue weighted by atomic mass is 16.5. The van der Waals surface area contributed by atoms with Crippen LogP contribution < -0.4 is 5.73 Å². The maximum atomic E-state index is 11.4. The first kappa shape index (κ1) is 10.6. The molecule has 0 radical (unpaired) electrons. The first-order valence-electron chi connectivity index (χ1n) is 3.89. The van der Waals surface area contributed by atoms with Crippen molar-refractivity contribution in [3.8, 4) is 0 Å². The molecule has 1 atom stereocenters. The molecule has 0 aromatic rings. The van der Waals surface area contributed by atoms with Gasteiger partial charge in [-0.05, 0) is 19.0 Å². The lowest BCUT2D eigenvalue weighted by molar-refractivity contribution is -0.859. The third kappa shape index (κ3) is 4.14. The van der Waals surface area contributed by atoms with Gasteiger partial charge in [-0.1, -0.05) is 6.58 Å². The fourth-order valence-corrected chi connectivity index (χ4v) is 1.01. The molecule has 0 heterocycles. The Morgan fingerprint density at radius 1 is 1.64 bits per heavy atom. The Morgan fingerprint density at radius 3 is 2.45 bits per heavy atom. The second-order valence-electron chi connectivity index (χ2n) is 3.17. The molecule has 0 saturated carbocycles. The van der Waals surface area contributed by atoms with Crippen molar-refractivity contribution in [1.29, 1.82) is 0 Å². The van der Waals surface area contributed by atoms with Crippen molar-refractivity contribution in [2.45, 2.75) is 18.9 Å². The highest BCUT2D eigenvalue weighted by molar-refractivity contribution is 4.80. The van der Waals surface area contributed by atoms with Crippen molar-refractivity contribution in [3.63, 3.8) is 0 Å². The van der Waals surface area contributed by atoms with Crippen LogP contribution in [-0.4, -0.2) is 31.3 Å². The van der Waals surface area contributed by atoms with Crippen molar-refractivity contribution < 1.29 is 4.65 Å². The maximum Gasteiger partial charge on any atom is 0.107 e. The molecule has 0 amide bonds. The lowest BCUT2D eigenvalue weighted by Crippen LogP contribution is -2.42. The number of nitrogens with zero attached hydrogens (tertiary/aromatic N) is 1.